The molecule has 0 saturated carbocycles. The Morgan fingerprint density at radius 1 is 1.33 bits per heavy atom. The van der Waals surface area contributed by atoms with Crippen LogP contribution in [-0.2, 0) is 4.74 Å². The maximum Gasteiger partial charge on any atom is 0.191 e. The van der Waals surface area contributed by atoms with Crippen molar-refractivity contribution in [2.75, 3.05) is 39.4 Å². The molecule has 1 aliphatic rings. The molecule has 2 N–H and O–H groups in total. The number of aliphatic imine (C=N–C) groups is 1. The fourth-order valence-corrected chi connectivity index (χ4v) is 2.25. The Bertz CT molecular complexity index is 326. The maximum absolute atomic E-state index is 5.54. The molecule has 1 rings (SSSR count). The van der Waals surface area contributed by atoms with Crippen LogP contribution in [-0.4, -0.2) is 61.3 Å². The van der Waals surface area contributed by atoms with E-state index in [1.165, 1.54) is 0 Å². The van der Waals surface area contributed by atoms with Gasteiger partial charge in [0.25, 0.3) is 0 Å². The minimum atomic E-state index is 0. The largest absolute Gasteiger partial charge is 0.378 e. The van der Waals surface area contributed by atoms with Gasteiger partial charge in [-0.2, -0.15) is 0 Å². The molecule has 0 aromatic carbocycles. The number of hydrogen-bond donors (Lipinski definition) is 2. The van der Waals surface area contributed by atoms with Crippen molar-refractivity contribution in [1.29, 1.82) is 0 Å². The third-order valence-electron chi connectivity index (χ3n) is 3.29. The second-order valence-electron chi connectivity index (χ2n) is 6.99. The van der Waals surface area contributed by atoms with Gasteiger partial charge in [-0.05, 0) is 41.5 Å². The van der Waals surface area contributed by atoms with E-state index in [0.29, 0.717) is 0 Å². The summed E-state index contributed by atoms with van der Waals surface area (Å²) < 4.78 is 5.54. The Hall–Kier alpha value is -0.0800. The number of nitrogens with one attached hydrogen (secondary N) is 2. The van der Waals surface area contributed by atoms with Gasteiger partial charge in [0.05, 0.1) is 19.8 Å². The second-order valence-corrected chi connectivity index (χ2v) is 6.99. The average Bonchev–Trinajstić information content (AvgIpc) is 2.29. The predicted octanol–water partition coefficient (Wildman–Crippen LogP) is 2.07. The summed E-state index contributed by atoms with van der Waals surface area (Å²) in [6.45, 7) is 18.3. The minimum Gasteiger partial charge on any atom is -0.378 e. The summed E-state index contributed by atoms with van der Waals surface area (Å²) in [5.41, 5.74) is 0.142. The van der Waals surface area contributed by atoms with Crippen molar-refractivity contribution in [2.24, 2.45) is 4.99 Å². The Kier molecular flexibility index (Phi) is 9.11. The standard InChI is InChI=1S/C15H32N4O.HI/c1-7-16-13(18-14(2,3)4)17-8-9-19-10-11-20-12-15(19,5)6;/h7-12H2,1-6H3,(H2,16,17,18);1H. The van der Waals surface area contributed by atoms with Gasteiger partial charge in [0.1, 0.15) is 0 Å². The van der Waals surface area contributed by atoms with Gasteiger partial charge in [-0.3, -0.25) is 9.89 Å². The van der Waals surface area contributed by atoms with Crippen LogP contribution in [0.1, 0.15) is 41.5 Å². The summed E-state index contributed by atoms with van der Waals surface area (Å²) in [6, 6.07) is 0. The fourth-order valence-electron chi connectivity index (χ4n) is 2.25. The molecule has 0 aromatic heterocycles. The topological polar surface area (TPSA) is 48.9 Å². The lowest BCUT2D eigenvalue weighted by Gasteiger charge is -2.41. The minimum absolute atomic E-state index is 0. The lowest BCUT2D eigenvalue weighted by atomic mass is 10.0. The Labute approximate surface area is 147 Å². The zero-order chi connectivity index (χ0) is 15.2. The van der Waals surface area contributed by atoms with E-state index in [0.717, 1.165) is 45.4 Å². The van der Waals surface area contributed by atoms with Crippen LogP contribution in [0.4, 0.5) is 0 Å². The van der Waals surface area contributed by atoms with Crippen molar-refractivity contribution in [2.45, 2.75) is 52.6 Å². The first-order chi connectivity index (χ1) is 9.24. The molecule has 1 heterocycles. The van der Waals surface area contributed by atoms with Gasteiger partial charge < -0.3 is 15.4 Å². The SMILES string of the molecule is CCNC(=NCCN1CCOCC1(C)C)NC(C)(C)C.I. The van der Waals surface area contributed by atoms with Crippen LogP contribution in [0.25, 0.3) is 0 Å². The molecule has 0 aromatic rings. The van der Waals surface area contributed by atoms with E-state index < -0.39 is 0 Å². The monoisotopic (exact) mass is 412 g/mol. The molecule has 5 nitrogen and oxygen atoms in total. The predicted molar refractivity (Wildman–Crippen MR) is 101 cm³/mol. The first-order valence-electron chi connectivity index (χ1n) is 7.64. The maximum atomic E-state index is 5.54. The van der Waals surface area contributed by atoms with E-state index in [1.807, 2.05) is 0 Å². The van der Waals surface area contributed by atoms with Crippen LogP contribution in [0, 0.1) is 0 Å². The van der Waals surface area contributed by atoms with Crippen LogP contribution in [0.2, 0.25) is 0 Å². The van der Waals surface area contributed by atoms with E-state index in [-0.39, 0.29) is 35.1 Å². The first kappa shape index (κ1) is 20.9. The summed E-state index contributed by atoms with van der Waals surface area (Å²) in [7, 11) is 0. The van der Waals surface area contributed by atoms with Crippen molar-refractivity contribution in [3.8, 4) is 0 Å². The molecule has 0 amide bonds. The molecule has 1 aliphatic heterocycles. The first-order valence-corrected chi connectivity index (χ1v) is 7.64. The lowest BCUT2D eigenvalue weighted by Crippen LogP contribution is -2.54. The van der Waals surface area contributed by atoms with Gasteiger partial charge in [0, 0.05) is 30.7 Å². The van der Waals surface area contributed by atoms with Crippen molar-refractivity contribution >= 4 is 29.9 Å². The third-order valence-corrected chi connectivity index (χ3v) is 3.29. The highest BCUT2D eigenvalue weighted by molar-refractivity contribution is 14.0. The average molecular weight is 412 g/mol. The lowest BCUT2D eigenvalue weighted by molar-refractivity contribution is -0.0491. The van der Waals surface area contributed by atoms with Crippen LogP contribution < -0.4 is 10.6 Å². The van der Waals surface area contributed by atoms with Crippen molar-refractivity contribution in [3.05, 3.63) is 0 Å². The zero-order valence-corrected chi connectivity index (χ0v) is 16.8. The third kappa shape index (κ3) is 8.21. The molecule has 0 radical (unpaired) electrons. The van der Waals surface area contributed by atoms with E-state index in [2.05, 4.69) is 62.1 Å². The number of rotatable bonds is 4. The highest BCUT2D eigenvalue weighted by atomic mass is 127. The molecule has 1 fully saturated rings. The van der Waals surface area contributed by atoms with E-state index >= 15 is 0 Å². The molecule has 126 valence electrons. The molecule has 0 spiro atoms. The Morgan fingerprint density at radius 3 is 2.52 bits per heavy atom. The molecule has 0 bridgehead atoms. The highest BCUT2D eigenvalue weighted by Crippen LogP contribution is 2.18. The number of morpholine rings is 1. The fraction of sp³-hybridized carbons (Fsp3) is 0.933. The zero-order valence-electron chi connectivity index (χ0n) is 14.5. The molecular formula is C15H33IN4O. The van der Waals surface area contributed by atoms with Gasteiger partial charge in [-0.15, -0.1) is 24.0 Å². The Morgan fingerprint density at radius 2 is 2.00 bits per heavy atom. The van der Waals surface area contributed by atoms with Crippen LogP contribution in [0.3, 0.4) is 0 Å². The van der Waals surface area contributed by atoms with Gasteiger partial charge in [-0.25, -0.2) is 0 Å². The van der Waals surface area contributed by atoms with E-state index in [4.69, 9.17) is 4.74 Å². The molecule has 1 saturated heterocycles. The summed E-state index contributed by atoms with van der Waals surface area (Å²) >= 11 is 0. The van der Waals surface area contributed by atoms with Crippen molar-refractivity contribution in [1.82, 2.24) is 15.5 Å². The number of halogens is 1. The Balaban J connectivity index is 0.00000400. The van der Waals surface area contributed by atoms with Gasteiger partial charge in [0.2, 0.25) is 0 Å². The molecule has 0 atom stereocenters. The van der Waals surface area contributed by atoms with Crippen molar-refractivity contribution in [3.63, 3.8) is 0 Å². The normalized spacial score (nSPS) is 19.8. The molecule has 0 unspecified atom stereocenters. The number of ether oxygens (including phenoxy) is 1. The number of hydrogen-bond acceptors (Lipinski definition) is 3. The smallest absolute Gasteiger partial charge is 0.191 e. The number of nitrogens with zero attached hydrogens (tertiary/aromatic N) is 2. The summed E-state index contributed by atoms with van der Waals surface area (Å²) in [6.07, 6.45) is 0. The molecular weight excluding hydrogens is 379 g/mol. The second kappa shape index (κ2) is 9.15. The van der Waals surface area contributed by atoms with Crippen LogP contribution in [0.15, 0.2) is 4.99 Å². The molecule has 21 heavy (non-hydrogen) atoms. The van der Waals surface area contributed by atoms with Gasteiger partial charge in [0.15, 0.2) is 5.96 Å². The van der Waals surface area contributed by atoms with Gasteiger partial charge in [-0.1, -0.05) is 0 Å². The summed E-state index contributed by atoms with van der Waals surface area (Å²) in [5.74, 6) is 0.895. The van der Waals surface area contributed by atoms with Crippen LogP contribution in [0.5, 0.6) is 0 Å². The van der Waals surface area contributed by atoms with E-state index in [1.54, 1.807) is 0 Å². The number of guanidine groups is 1. The summed E-state index contributed by atoms with van der Waals surface area (Å²) in [5, 5.41) is 6.70. The highest BCUT2D eigenvalue weighted by Gasteiger charge is 2.29. The van der Waals surface area contributed by atoms with Crippen LogP contribution >= 0.6 is 24.0 Å². The van der Waals surface area contributed by atoms with E-state index in [9.17, 15) is 0 Å². The quantitative estimate of drug-likeness (QED) is 0.422. The molecule has 0 aliphatic carbocycles. The van der Waals surface area contributed by atoms with Gasteiger partial charge >= 0.3 is 0 Å². The summed E-state index contributed by atoms with van der Waals surface area (Å²) in [4.78, 5) is 7.13. The molecule has 6 heteroatoms. The van der Waals surface area contributed by atoms with Crippen molar-refractivity contribution < 1.29 is 4.74 Å².